The van der Waals surface area contributed by atoms with Crippen molar-refractivity contribution in [1.82, 2.24) is 4.90 Å². The molecule has 3 rings (SSSR count). The Labute approximate surface area is 156 Å². The summed E-state index contributed by atoms with van der Waals surface area (Å²) in [6.45, 7) is 3.38. The number of rotatable bonds is 4. The number of carbonyl (C=O) groups is 3. The molecular weight excluding hydrogens is 356 g/mol. The van der Waals surface area contributed by atoms with E-state index < -0.39 is 23.2 Å². The lowest BCUT2D eigenvalue weighted by atomic mass is 10.2. The van der Waals surface area contributed by atoms with Crippen LogP contribution in [-0.2, 0) is 14.3 Å². The fraction of sp³-hybridized carbons (Fsp3) is 0.500. The molecule has 0 aromatic carbocycles. The molecule has 140 valence electrons. The van der Waals surface area contributed by atoms with Crippen molar-refractivity contribution in [3.63, 3.8) is 0 Å². The summed E-state index contributed by atoms with van der Waals surface area (Å²) in [6, 6.07) is 2.72. The van der Waals surface area contributed by atoms with Crippen LogP contribution in [0.5, 0.6) is 0 Å². The molecule has 0 N–H and O–H groups in total. The lowest BCUT2D eigenvalue weighted by Gasteiger charge is -2.18. The van der Waals surface area contributed by atoms with Crippen LogP contribution < -0.4 is 4.90 Å². The molecule has 0 spiro atoms. The van der Waals surface area contributed by atoms with Gasteiger partial charge in [0.25, 0.3) is 11.1 Å². The highest BCUT2D eigenvalue weighted by Crippen LogP contribution is 2.34. The summed E-state index contributed by atoms with van der Waals surface area (Å²) >= 11 is 0.798. The molecule has 0 aliphatic carbocycles. The smallest absolute Gasteiger partial charge is 0.328 e. The van der Waals surface area contributed by atoms with Crippen molar-refractivity contribution in [2.45, 2.75) is 38.6 Å². The predicted molar refractivity (Wildman–Crippen MR) is 98.7 cm³/mol. The van der Waals surface area contributed by atoms with E-state index in [1.165, 1.54) is 26.9 Å². The molecule has 2 fully saturated rings. The van der Waals surface area contributed by atoms with Gasteiger partial charge in [-0.1, -0.05) is 12.8 Å². The molecule has 0 saturated carbocycles. The first-order chi connectivity index (χ1) is 12.5. The van der Waals surface area contributed by atoms with Gasteiger partial charge in [-0.3, -0.25) is 14.5 Å². The summed E-state index contributed by atoms with van der Waals surface area (Å²) in [5.41, 5.74) is 0. The van der Waals surface area contributed by atoms with Crippen molar-refractivity contribution >= 4 is 40.8 Å². The Bertz CT molecular complexity index is 734. The Hall–Kier alpha value is -2.22. The third-order valence-electron chi connectivity index (χ3n) is 4.56. The van der Waals surface area contributed by atoms with E-state index in [2.05, 4.69) is 9.64 Å². The number of furan rings is 1. The van der Waals surface area contributed by atoms with Gasteiger partial charge in [0, 0.05) is 25.2 Å². The first-order valence-corrected chi connectivity index (χ1v) is 9.52. The quantitative estimate of drug-likeness (QED) is 0.588. The second-order valence-corrected chi connectivity index (χ2v) is 7.32. The maximum atomic E-state index is 12.5. The number of ether oxygens (including phenoxy) is 1. The third kappa shape index (κ3) is 3.80. The van der Waals surface area contributed by atoms with Crippen LogP contribution in [0.1, 0.15) is 38.4 Å². The number of imide groups is 1. The van der Waals surface area contributed by atoms with Crippen LogP contribution in [0.4, 0.5) is 10.7 Å². The molecule has 7 nitrogen and oxygen atoms in total. The molecule has 2 aliphatic rings. The minimum absolute atomic E-state index is 0.238. The summed E-state index contributed by atoms with van der Waals surface area (Å²) in [5, 5.41) is -0.488. The summed E-state index contributed by atoms with van der Waals surface area (Å²) in [5.74, 6) is 0.154. The van der Waals surface area contributed by atoms with Gasteiger partial charge in [-0.25, -0.2) is 4.79 Å². The molecular formula is C18H22N2O5S. The lowest BCUT2D eigenvalue weighted by Crippen LogP contribution is -2.42. The zero-order chi connectivity index (χ0) is 18.7. The number of nitrogens with zero attached hydrogens (tertiary/aromatic N) is 2. The summed E-state index contributed by atoms with van der Waals surface area (Å²) in [4.78, 5) is 39.6. The van der Waals surface area contributed by atoms with Gasteiger partial charge in [0.2, 0.25) is 0 Å². The molecule has 8 heteroatoms. The van der Waals surface area contributed by atoms with Crippen LogP contribution >= 0.6 is 11.8 Å². The molecule has 3 heterocycles. The fourth-order valence-electron chi connectivity index (χ4n) is 3.10. The zero-order valence-electron chi connectivity index (χ0n) is 14.9. The number of amides is 2. The van der Waals surface area contributed by atoms with E-state index >= 15 is 0 Å². The van der Waals surface area contributed by atoms with Crippen LogP contribution in [-0.4, -0.2) is 48.3 Å². The van der Waals surface area contributed by atoms with Gasteiger partial charge in [0.1, 0.15) is 11.8 Å². The zero-order valence-corrected chi connectivity index (χ0v) is 15.7. The summed E-state index contributed by atoms with van der Waals surface area (Å²) in [6.07, 6.45) is 6.29. The average molecular weight is 378 g/mol. The van der Waals surface area contributed by atoms with Gasteiger partial charge in [-0.05, 0) is 37.6 Å². The van der Waals surface area contributed by atoms with Crippen molar-refractivity contribution in [2.75, 3.05) is 25.1 Å². The molecule has 1 aromatic heterocycles. The van der Waals surface area contributed by atoms with Gasteiger partial charge in [-0.2, -0.15) is 0 Å². The number of methoxy groups -OCH3 is 1. The highest BCUT2D eigenvalue weighted by molar-refractivity contribution is 8.18. The van der Waals surface area contributed by atoms with Crippen molar-refractivity contribution in [1.29, 1.82) is 0 Å². The van der Waals surface area contributed by atoms with E-state index in [4.69, 9.17) is 4.42 Å². The Kier molecular flexibility index (Phi) is 5.70. The molecule has 1 unspecified atom stereocenters. The van der Waals surface area contributed by atoms with Gasteiger partial charge in [0.05, 0.1) is 12.0 Å². The molecule has 0 bridgehead atoms. The molecule has 2 aliphatic heterocycles. The average Bonchev–Trinajstić information content (AvgIpc) is 3.07. The van der Waals surface area contributed by atoms with Crippen LogP contribution in [0, 0.1) is 0 Å². The van der Waals surface area contributed by atoms with Gasteiger partial charge < -0.3 is 14.1 Å². The second-order valence-electron chi connectivity index (χ2n) is 6.33. The van der Waals surface area contributed by atoms with Crippen LogP contribution in [0.25, 0.3) is 6.08 Å². The van der Waals surface area contributed by atoms with Gasteiger partial charge in [0.15, 0.2) is 5.88 Å². The standard InChI is InChI=1S/C18H22N2O5S/c1-12(17(22)24-2)20-16(21)14(26-18(20)23)11-13-7-8-15(25-13)19-9-5-3-4-6-10-19/h7-8,11-12H,3-6,9-10H2,1-2H3. The predicted octanol–water partition coefficient (Wildman–Crippen LogP) is 3.26. The number of hydrogen-bond acceptors (Lipinski definition) is 7. The number of hydrogen-bond donors (Lipinski definition) is 0. The number of thioether (sulfide) groups is 1. The maximum Gasteiger partial charge on any atom is 0.328 e. The summed E-state index contributed by atoms with van der Waals surface area (Å²) < 4.78 is 10.5. The normalized spacial score (nSPS) is 21.2. The largest absolute Gasteiger partial charge is 0.467 e. The topological polar surface area (TPSA) is 80.1 Å². The molecule has 26 heavy (non-hydrogen) atoms. The van der Waals surface area contributed by atoms with E-state index in [0.29, 0.717) is 5.76 Å². The Balaban J connectivity index is 1.75. The van der Waals surface area contributed by atoms with Crippen LogP contribution in [0.3, 0.4) is 0 Å². The number of anilines is 1. The van der Waals surface area contributed by atoms with E-state index in [-0.39, 0.29) is 4.91 Å². The second kappa shape index (κ2) is 7.99. The van der Waals surface area contributed by atoms with E-state index in [0.717, 1.165) is 48.5 Å². The molecule has 0 radical (unpaired) electrons. The molecule has 1 atom stereocenters. The number of carbonyl (C=O) groups excluding carboxylic acids is 3. The molecule has 2 amide bonds. The minimum atomic E-state index is -0.956. The maximum absolute atomic E-state index is 12.5. The van der Waals surface area contributed by atoms with E-state index in [1.807, 2.05) is 6.07 Å². The first-order valence-electron chi connectivity index (χ1n) is 8.71. The summed E-state index contributed by atoms with van der Waals surface area (Å²) in [7, 11) is 1.22. The van der Waals surface area contributed by atoms with Crippen molar-refractivity contribution in [3.05, 3.63) is 22.8 Å². The molecule has 1 aromatic rings. The van der Waals surface area contributed by atoms with Crippen molar-refractivity contribution in [3.8, 4) is 0 Å². The van der Waals surface area contributed by atoms with Gasteiger partial charge in [-0.15, -0.1) is 0 Å². The third-order valence-corrected chi connectivity index (χ3v) is 5.44. The van der Waals surface area contributed by atoms with Crippen molar-refractivity contribution < 1.29 is 23.5 Å². The van der Waals surface area contributed by atoms with Gasteiger partial charge >= 0.3 is 5.97 Å². The Morgan fingerprint density at radius 1 is 1.23 bits per heavy atom. The van der Waals surface area contributed by atoms with Crippen molar-refractivity contribution in [2.24, 2.45) is 0 Å². The highest BCUT2D eigenvalue weighted by atomic mass is 32.2. The SMILES string of the molecule is COC(=O)C(C)N1C(=O)SC(=Cc2ccc(N3CCCCCC3)o2)C1=O. The highest BCUT2D eigenvalue weighted by Gasteiger charge is 2.41. The molecule has 2 saturated heterocycles. The first kappa shape index (κ1) is 18.6. The monoisotopic (exact) mass is 378 g/mol. The Morgan fingerprint density at radius 3 is 2.58 bits per heavy atom. The lowest BCUT2D eigenvalue weighted by molar-refractivity contribution is -0.148. The van der Waals surface area contributed by atoms with Crippen LogP contribution in [0.15, 0.2) is 21.5 Å². The Morgan fingerprint density at radius 2 is 1.92 bits per heavy atom. The number of esters is 1. The van der Waals surface area contributed by atoms with E-state index in [9.17, 15) is 14.4 Å². The van der Waals surface area contributed by atoms with Crippen LogP contribution in [0.2, 0.25) is 0 Å². The fourth-order valence-corrected chi connectivity index (χ4v) is 3.99. The van der Waals surface area contributed by atoms with E-state index in [1.54, 1.807) is 12.1 Å². The minimum Gasteiger partial charge on any atom is -0.467 e.